The Kier molecular flexibility index (Phi) is 9.39. The maximum atomic E-state index is 8.00. The van der Waals surface area contributed by atoms with E-state index in [1.807, 2.05) is 26.8 Å². The van der Waals surface area contributed by atoms with Crippen LogP contribution in [0.15, 0.2) is 43.6 Å². The zero-order valence-corrected chi connectivity index (χ0v) is 21.1. The average molecular weight is 449 g/mol. The van der Waals surface area contributed by atoms with Gasteiger partial charge in [-0.1, -0.05) is 46.8 Å². The molecule has 1 saturated heterocycles. The molecular formula is C28H40N4O. The van der Waals surface area contributed by atoms with Crippen molar-refractivity contribution < 1.29 is 4.79 Å². The molecule has 3 aromatic rings. The zero-order chi connectivity index (χ0) is 24.6. The molecule has 5 nitrogen and oxygen atoms in total. The number of aromatic nitrogens is 3. The quantitative estimate of drug-likeness (QED) is 0.413. The second kappa shape index (κ2) is 11.8. The molecule has 1 unspecified atom stereocenters. The lowest BCUT2D eigenvalue weighted by Gasteiger charge is -2.42. The average Bonchev–Trinajstić information content (AvgIpc) is 3.35. The predicted molar refractivity (Wildman–Crippen MR) is 141 cm³/mol. The minimum Gasteiger partial charge on any atom is -0.361 e. The molecule has 0 aliphatic carbocycles. The van der Waals surface area contributed by atoms with Gasteiger partial charge in [0, 0.05) is 46.2 Å². The molecule has 0 spiro atoms. The van der Waals surface area contributed by atoms with Gasteiger partial charge >= 0.3 is 0 Å². The molecule has 1 fully saturated rings. The van der Waals surface area contributed by atoms with Crippen LogP contribution in [0.3, 0.4) is 0 Å². The summed E-state index contributed by atoms with van der Waals surface area (Å²) in [7, 11) is 0. The second-order valence-corrected chi connectivity index (χ2v) is 9.07. The second-order valence-electron chi connectivity index (χ2n) is 9.07. The number of nitrogens with zero attached hydrogens (tertiary/aromatic N) is 3. The first-order valence-corrected chi connectivity index (χ1v) is 12.1. The lowest BCUT2D eigenvalue weighted by molar-refractivity contribution is -0.0979. The van der Waals surface area contributed by atoms with Gasteiger partial charge in [-0.2, -0.15) is 0 Å². The number of fused-ring (bicyclic) bond motifs is 4. The van der Waals surface area contributed by atoms with E-state index >= 15 is 0 Å². The molecule has 5 rings (SSSR count). The highest BCUT2D eigenvalue weighted by Gasteiger charge is 2.34. The smallest absolute Gasteiger partial charge is 0.162 e. The molecule has 0 bridgehead atoms. The van der Waals surface area contributed by atoms with Crippen molar-refractivity contribution in [1.29, 1.82) is 0 Å². The lowest BCUT2D eigenvalue weighted by Crippen LogP contribution is -2.44. The van der Waals surface area contributed by atoms with Crippen LogP contribution < -0.4 is 4.90 Å². The highest BCUT2D eigenvalue weighted by atomic mass is 16.1. The molecule has 33 heavy (non-hydrogen) atoms. The number of piperidine rings is 1. The summed E-state index contributed by atoms with van der Waals surface area (Å²) in [5.74, 6) is 2.07. The van der Waals surface area contributed by atoms with Crippen LogP contribution in [0.25, 0.3) is 22.3 Å². The van der Waals surface area contributed by atoms with Crippen LogP contribution in [0.4, 0.5) is 5.82 Å². The first-order valence-electron chi connectivity index (χ1n) is 12.1. The molecule has 1 aromatic carbocycles. The van der Waals surface area contributed by atoms with Crippen molar-refractivity contribution in [2.75, 3.05) is 11.4 Å². The van der Waals surface area contributed by atoms with Crippen LogP contribution in [-0.4, -0.2) is 34.3 Å². The van der Waals surface area contributed by atoms with E-state index in [2.05, 4.69) is 68.1 Å². The van der Waals surface area contributed by atoms with Crippen molar-refractivity contribution in [3.63, 3.8) is 0 Å². The maximum Gasteiger partial charge on any atom is 0.162 e. The van der Waals surface area contributed by atoms with Crippen LogP contribution in [0.2, 0.25) is 0 Å². The first-order chi connectivity index (χ1) is 16.0. The van der Waals surface area contributed by atoms with Crippen molar-refractivity contribution in [3.05, 3.63) is 54.9 Å². The van der Waals surface area contributed by atoms with Crippen molar-refractivity contribution in [2.45, 2.75) is 78.2 Å². The predicted octanol–water partition coefficient (Wildman–Crippen LogP) is 6.87. The van der Waals surface area contributed by atoms with Gasteiger partial charge in [-0.15, -0.1) is 13.2 Å². The highest BCUT2D eigenvalue weighted by Crippen LogP contribution is 2.40. The Hall–Kier alpha value is -2.95. The van der Waals surface area contributed by atoms with Gasteiger partial charge in [-0.3, -0.25) is 0 Å². The molecule has 0 saturated carbocycles. The third-order valence-corrected chi connectivity index (χ3v) is 6.16. The summed E-state index contributed by atoms with van der Waals surface area (Å²) in [6, 6.07) is 9.15. The lowest BCUT2D eigenvalue weighted by atomic mass is 9.83. The summed E-state index contributed by atoms with van der Waals surface area (Å²) >= 11 is 0. The first kappa shape index (κ1) is 26.3. The van der Waals surface area contributed by atoms with E-state index in [1.54, 1.807) is 0 Å². The van der Waals surface area contributed by atoms with Gasteiger partial charge in [-0.05, 0) is 44.2 Å². The van der Waals surface area contributed by atoms with Crippen molar-refractivity contribution >= 4 is 23.5 Å². The Morgan fingerprint density at radius 1 is 1.03 bits per heavy atom. The summed E-state index contributed by atoms with van der Waals surface area (Å²) in [5, 5.41) is 1.20. The Balaban J connectivity index is 0.000000597. The van der Waals surface area contributed by atoms with Crippen molar-refractivity contribution in [1.82, 2.24) is 15.0 Å². The van der Waals surface area contributed by atoms with Crippen molar-refractivity contribution in [3.8, 4) is 11.4 Å². The van der Waals surface area contributed by atoms with E-state index in [9.17, 15) is 0 Å². The molecule has 0 radical (unpaired) electrons. The summed E-state index contributed by atoms with van der Waals surface area (Å²) in [4.78, 5) is 24.2. The minimum absolute atomic E-state index is 0.0104. The third-order valence-electron chi connectivity index (χ3n) is 6.16. The van der Waals surface area contributed by atoms with Crippen LogP contribution in [0.5, 0.6) is 0 Å². The Morgan fingerprint density at radius 2 is 1.76 bits per heavy atom. The fourth-order valence-corrected chi connectivity index (χ4v) is 4.85. The Labute approximate surface area is 199 Å². The number of nitrogens with one attached hydrogen (secondary N) is 1. The molecule has 0 amide bonds. The number of H-pyrrole nitrogens is 1. The number of rotatable bonds is 1. The maximum absolute atomic E-state index is 8.00. The van der Waals surface area contributed by atoms with Crippen LogP contribution in [-0.2, 0) is 16.6 Å². The van der Waals surface area contributed by atoms with Crippen LogP contribution >= 0.6 is 0 Å². The van der Waals surface area contributed by atoms with Gasteiger partial charge in [0.2, 0.25) is 0 Å². The molecule has 1 N–H and O–H groups in total. The molecule has 178 valence electrons. The number of aromatic amines is 1. The van der Waals surface area contributed by atoms with E-state index < -0.39 is 0 Å². The van der Waals surface area contributed by atoms with Gasteiger partial charge in [0.1, 0.15) is 12.6 Å². The minimum atomic E-state index is 0.0104. The summed E-state index contributed by atoms with van der Waals surface area (Å²) in [6.07, 6.45) is 8.27. The van der Waals surface area contributed by atoms with Crippen molar-refractivity contribution in [2.24, 2.45) is 0 Å². The Bertz CT molecular complexity index is 1030. The van der Waals surface area contributed by atoms with E-state index in [0.29, 0.717) is 6.04 Å². The van der Waals surface area contributed by atoms with E-state index in [4.69, 9.17) is 14.8 Å². The Morgan fingerprint density at radius 3 is 2.45 bits per heavy atom. The number of hydrogen-bond donors (Lipinski definition) is 1. The summed E-state index contributed by atoms with van der Waals surface area (Å²) < 4.78 is 0. The van der Waals surface area contributed by atoms with Crippen LogP contribution in [0, 0.1) is 0 Å². The van der Waals surface area contributed by atoms with Gasteiger partial charge in [-0.25, -0.2) is 9.97 Å². The largest absolute Gasteiger partial charge is 0.361 e. The molecule has 2 aliphatic rings. The number of carbonyl (C=O) groups is 1. The fraction of sp³-hybridized carbons (Fsp3) is 0.464. The molecule has 5 heteroatoms. The molecule has 4 heterocycles. The fourth-order valence-electron chi connectivity index (χ4n) is 4.85. The number of hydrogen-bond acceptors (Lipinski definition) is 4. The van der Waals surface area contributed by atoms with Gasteiger partial charge < -0.3 is 14.7 Å². The number of carbonyl (C=O) groups excluding carboxylic acids is 1. The van der Waals surface area contributed by atoms with Gasteiger partial charge in [0.05, 0.1) is 5.69 Å². The molecular weight excluding hydrogens is 408 g/mol. The molecule has 2 aliphatic heterocycles. The number of anilines is 1. The SMILES string of the molecule is C=C.C=O.CC.CC(C)(C)c1nc(-c2cccc3[nH]ccc23)nc2c1CCC1CCCCN21. The van der Waals surface area contributed by atoms with E-state index in [-0.39, 0.29) is 5.41 Å². The summed E-state index contributed by atoms with van der Waals surface area (Å²) in [6.45, 7) is 20.0. The van der Waals surface area contributed by atoms with Gasteiger partial charge in [0.15, 0.2) is 5.82 Å². The summed E-state index contributed by atoms with van der Waals surface area (Å²) in [5.41, 5.74) is 4.88. The highest BCUT2D eigenvalue weighted by molar-refractivity contribution is 5.93. The van der Waals surface area contributed by atoms with Crippen LogP contribution in [0.1, 0.15) is 71.6 Å². The standard InChI is InChI=1S/C23H28N4.C2H6.C2H4.CH2O/c1-23(2,3)20-18-11-10-15-7-4-5-14-27(15)22(18)26-21(25-20)17-8-6-9-19-16(17)12-13-24-19;3*1-2/h6,8-9,12-13,15,24H,4-5,7,10-11,14H2,1-3H3;1-2H3;1-2H2;1H2. The van der Waals surface area contributed by atoms with E-state index in [1.165, 1.54) is 48.1 Å². The number of benzene rings is 1. The van der Waals surface area contributed by atoms with Gasteiger partial charge in [0.25, 0.3) is 0 Å². The monoisotopic (exact) mass is 448 g/mol. The molecule has 1 atom stereocenters. The zero-order valence-electron chi connectivity index (χ0n) is 21.1. The topological polar surface area (TPSA) is 61.9 Å². The molecule has 2 aromatic heterocycles. The third kappa shape index (κ3) is 5.35. The van der Waals surface area contributed by atoms with E-state index in [0.717, 1.165) is 29.9 Å². The normalized spacial score (nSPS) is 16.6.